The molecule has 0 radical (unpaired) electrons. The number of benzene rings is 1. The van der Waals surface area contributed by atoms with E-state index in [9.17, 15) is 0 Å². The van der Waals surface area contributed by atoms with Crippen LogP contribution in [-0.2, 0) is 5.66 Å². The van der Waals surface area contributed by atoms with Gasteiger partial charge in [-0.15, -0.1) is 0 Å². The number of nitrogens with one attached hydrogen (secondary N) is 1. The molecule has 1 saturated carbocycles. The molecule has 2 rings (SSSR count). The lowest BCUT2D eigenvalue weighted by molar-refractivity contribution is 0.0512. The van der Waals surface area contributed by atoms with Crippen molar-refractivity contribution in [3.8, 4) is 0 Å². The van der Waals surface area contributed by atoms with Crippen molar-refractivity contribution in [3.05, 3.63) is 47.0 Å². The smallest absolute Gasteiger partial charge is 0.0951 e. The number of rotatable bonds is 8. The average Bonchev–Trinajstić information content (AvgIpc) is 2.62. The van der Waals surface area contributed by atoms with Crippen LogP contribution in [0.15, 0.2) is 36.4 Å². The fourth-order valence-electron chi connectivity index (χ4n) is 4.21. The lowest BCUT2D eigenvalue weighted by atomic mass is 9.78. The number of nitrogens with zero attached hydrogens (tertiary/aromatic N) is 1. The van der Waals surface area contributed by atoms with Gasteiger partial charge in [0.1, 0.15) is 0 Å². The van der Waals surface area contributed by atoms with Gasteiger partial charge < -0.3 is 0 Å². The summed E-state index contributed by atoms with van der Waals surface area (Å²) in [6.45, 7) is 13.5. The molecular formula is C23H37ClN2. The highest BCUT2D eigenvalue weighted by atomic mass is 35.5. The highest BCUT2D eigenvalue weighted by Crippen LogP contribution is 2.34. The van der Waals surface area contributed by atoms with Crippen molar-refractivity contribution in [1.29, 1.82) is 0 Å². The largest absolute Gasteiger partial charge is 0.293 e. The lowest BCUT2D eigenvalue weighted by Gasteiger charge is -2.46. The molecule has 0 aliphatic heterocycles. The molecule has 0 bridgehead atoms. The van der Waals surface area contributed by atoms with Crippen LogP contribution in [0.25, 0.3) is 0 Å². The molecule has 3 heteroatoms. The van der Waals surface area contributed by atoms with E-state index in [0.717, 1.165) is 36.4 Å². The molecule has 1 aromatic rings. The minimum absolute atomic E-state index is 0.189. The van der Waals surface area contributed by atoms with Crippen LogP contribution in [0.4, 0.5) is 0 Å². The van der Waals surface area contributed by atoms with Crippen LogP contribution in [0.5, 0.6) is 0 Å². The van der Waals surface area contributed by atoms with Crippen LogP contribution in [0, 0.1) is 11.8 Å². The summed E-state index contributed by atoms with van der Waals surface area (Å²) in [5.41, 5.74) is 1.11. The summed E-state index contributed by atoms with van der Waals surface area (Å²) in [6, 6.07) is 8.96. The van der Waals surface area contributed by atoms with E-state index in [2.05, 4.69) is 69.1 Å². The summed E-state index contributed by atoms with van der Waals surface area (Å²) in [4.78, 5) is 2.57. The first-order valence-corrected chi connectivity index (χ1v) is 10.7. The summed E-state index contributed by atoms with van der Waals surface area (Å²) >= 11 is 6.17. The van der Waals surface area contributed by atoms with Gasteiger partial charge in [0, 0.05) is 24.2 Å². The van der Waals surface area contributed by atoms with Crippen molar-refractivity contribution in [2.45, 2.75) is 72.0 Å². The molecule has 1 aromatic carbocycles. The van der Waals surface area contributed by atoms with Crippen LogP contribution < -0.4 is 5.32 Å². The predicted molar refractivity (Wildman–Crippen MR) is 115 cm³/mol. The minimum atomic E-state index is -0.189. The third-order valence-corrected chi connectivity index (χ3v) is 6.43. The first-order chi connectivity index (χ1) is 12.4. The van der Waals surface area contributed by atoms with Gasteiger partial charge in [-0.2, -0.15) is 0 Å². The Morgan fingerprint density at radius 3 is 2.46 bits per heavy atom. The van der Waals surface area contributed by atoms with Gasteiger partial charge in [-0.3, -0.25) is 10.2 Å². The summed E-state index contributed by atoms with van der Waals surface area (Å²) < 4.78 is 0. The topological polar surface area (TPSA) is 15.3 Å². The van der Waals surface area contributed by atoms with Crippen molar-refractivity contribution in [2.24, 2.45) is 11.8 Å². The minimum Gasteiger partial charge on any atom is -0.293 e. The molecule has 0 spiro atoms. The Kier molecular flexibility index (Phi) is 8.19. The Hall–Kier alpha value is -0.830. The lowest BCUT2D eigenvalue weighted by Crippen LogP contribution is -2.58. The van der Waals surface area contributed by atoms with Crippen LogP contribution in [0.2, 0.25) is 5.02 Å². The van der Waals surface area contributed by atoms with Crippen LogP contribution in [-0.4, -0.2) is 24.0 Å². The molecule has 0 heterocycles. The van der Waals surface area contributed by atoms with Crippen molar-refractivity contribution in [2.75, 3.05) is 13.1 Å². The van der Waals surface area contributed by atoms with E-state index < -0.39 is 0 Å². The first kappa shape index (κ1) is 21.5. The third kappa shape index (κ3) is 5.34. The van der Waals surface area contributed by atoms with E-state index in [1.165, 1.54) is 24.8 Å². The average molecular weight is 377 g/mol. The van der Waals surface area contributed by atoms with Gasteiger partial charge in [0.15, 0.2) is 0 Å². The summed E-state index contributed by atoms with van der Waals surface area (Å²) in [5, 5.41) is 4.86. The van der Waals surface area contributed by atoms with Crippen LogP contribution in [0.3, 0.4) is 0 Å². The number of hydrogen-bond acceptors (Lipinski definition) is 2. The fraction of sp³-hybridized carbons (Fsp3) is 0.652. The summed E-state index contributed by atoms with van der Waals surface area (Å²) in [7, 11) is 0. The monoisotopic (exact) mass is 376 g/mol. The van der Waals surface area contributed by atoms with Gasteiger partial charge in [-0.05, 0) is 69.1 Å². The zero-order chi connectivity index (χ0) is 19.2. The van der Waals surface area contributed by atoms with Gasteiger partial charge in [0.05, 0.1) is 5.66 Å². The number of allylic oxidation sites excluding steroid dienone is 1. The molecule has 2 nitrogen and oxygen atoms in total. The summed E-state index contributed by atoms with van der Waals surface area (Å²) in [6.07, 6.45) is 9.39. The SMILES string of the molecule is CC=CCN(CCC)C(C)(NC1CCC(C)C(C)C1)c1ccc(Cl)cc1. The second-order valence-electron chi connectivity index (χ2n) is 8.20. The first-order valence-electron chi connectivity index (χ1n) is 10.3. The molecular weight excluding hydrogens is 340 g/mol. The van der Waals surface area contributed by atoms with E-state index in [0.29, 0.717) is 6.04 Å². The normalized spacial score (nSPS) is 26.3. The zero-order valence-corrected chi connectivity index (χ0v) is 18.0. The maximum absolute atomic E-state index is 6.17. The highest BCUT2D eigenvalue weighted by Gasteiger charge is 2.36. The molecule has 1 aliphatic rings. The quantitative estimate of drug-likeness (QED) is 0.428. The molecule has 0 amide bonds. The van der Waals surface area contributed by atoms with Crippen LogP contribution in [0.1, 0.15) is 65.9 Å². The molecule has 0 aromatic heterocycles. The predicted octanol–water partition coefficient (Wildman–Crippen LogP) is 6.22. The molecule has 26 heavy (non-hydrogen) atoms. The molecule has 1 fully saturated rings. The molecule has 1 N–H and O–H groups in total. The Balaban J connectivity index is 2.31. The second-order valence-corrected chi connectivity index (χ2v) is 8.64. The standard InChI is InChI=1S/C23H37ClN2/c1-6-8-16-26(15-7-2)23(5,20-10-12-21(24)13-11-20)25-22-14-9-18(3)19(4)17-22/h6,8,10-13,18-19,22,25H,7,9,14-17H2,1-5H3. The van der Waals surface area contributed by atoms with Crippen LogP contribution >= 0.6 is 11.6 Å². The van der Waals surface area contributed by atoms with Gasteiger partial charge in [-0.1, -0.05) is 56.7 Å². The Bertz CT molecular complexity index is 568. The van der Waals surface area contributed by atoms with E-state index >= 15 is 0 Å². The zero-order valence-electron chi connectivity index (χ0n) is 17.3. The van der Waals surface area contributed by atoms with E-state index in [-0.39, 0.29) is 5.66 Å². The molecule has 146 valence electrons. The molecule has 4 atom stereocenters. The number of hydrogen-bond donors (Lipinski definition) is 1. The van der Waals surface area contributed by atoms with Gasteiger partial charge >= 0.3 is 0 Å². The van der Waals surface area contributed by atoms with Crippen molar-refractivity contribution in [1.82, 2.24) is 10.2 Å². The molecule has 0 saturated heterocycles. The Morgan fingerprint density at radius 1 is 1.19 bits per heavy atom. The Labute approximate surface area is 166 Å². The fourth-order valence-corrected chi connectivity index (χ4v) is 4.33. The third-order valence-electron chi connectivity index (χ3n) is 6.18. The maximum atomic E-state index is 6.17. The van der Waals surface area contributed by atoms with E-state index in [1.807, 2.05) is 12.1 Å². The van der Waals surface area contributed by atoms with Crippen molar-refractivity contribution >= 4 is 11.6 Å². The van der Waals surface area contributed by atoms with Gasteiger partial charge in [0.2, 0.25) is 0 Å². The maximum Gasteiger partial charge on any atom is 0.0951 e. The van der Waals surface area contributed by atoms with E-state index in [4.69, 9.17) is 11.6 Å². The van der Waals surface area contributed by atoms with Gasteiger partial charge in [0.25, 0.3) is 0 Å². The van der Waals surface area contributed by atoms with Gasteiger partial charge in [-0.25, -0.2) is 0 Å². The molecule has 4 unspecified atom stereocenters. The summed E-state index contributed by atoms with van der Waals surface area (Å²) in [5.74, 6) is 1.62. The highest BCUT2D eigenvalue weighted by molar-refractivity contribution is 6.30. The number of halogens is 1. The van der Waals surface area contributed by atoms with Crippen molar-refractivity contribution in [3.63, 3.8) is 0 Å². The van der Waals surface area contributed by atoms with E-state index in [1.54, 1.807) is 0 Å². The molecule has 1 aliphatic carbocycles. The van der Waals surface area contributed by atoms with Crippen molar-refractivity contribution < 1.29 is 0 Å². The Morgan fingerprint density at radius 2 is 1.88 bits per heavy atom. The second kappa shape index (κ2) is 9.92.